The molecule has 42 heavy (non-hydrogen) atoms. The molecule has 10 nitrogen and oxygen atoms in total. The summed E-state index contributed by atoms with van der Waals surface area (Å²) in [6, 6.07) is 9.33. The SMILES string of the molecule is O=C1CCC(N2Cc3c(C#CCCC#Cc4cccc5c4CN(C4CCC(=O)NC4=O)C5=O)cccc3C2=O)C(=O)N1. The maximum atomic E-state index is 13.0. The van der Waals surface area contributed by atoms with E-state index in [9.17, 15) is 28.8 Å². The molecule has 2 aromatic rings. The molecular weight excluding hydrogens is 536 g/mol. The fourth-order valence-electron chi connectivity index (χ4n) is 5.85. The van der Waals surface area contributed by atoms with E-state index in [4.69, 9.17) is 0 Å². The smallest absolute Gasteiger partial charge is 0.255 e. The van der Waals surface area contributed by atoms with Crippen molar-refractivity contribution in [1.29, 1.82) is 0 Å². The zero-order valence-corrected chi connectivity index (χ0v) is 22.6. The van der Waals surface area contributed by atoms with Crippen LogP contribution in [0.3, 0.4) is 0 Å². The molecule has 2 atom stereocenters. The second-order valence-electron chi connectivity index (χ2n) is 10.6. The number of benzene rings is 2. The van der Waals surface area contributed by atoms with E-state index < -0.39 is 23.9 Å². The Kier molecular flexibility index (Phi) is 7.05. The Morgan fingerprint density at radius 1 is 0.643 bits per heavy atom. The minimum absolute atomic E-state index is 0.199. The Morgan fingerprint density at radius 3 is 1.48 bits per heavy atom. The second kappa shape index (κ2) is 11.0. The van der Waals surface area contributed by atoms with Gasteiger partial charge >= 0.3 is 0 Å². The largest absolute Gasteiger partial charge is 0.322 e. The van der Waals surface area contributed by atoms with Gasteiger partial charge in [0.1, 0.15) is 12.1 Å². The third kappa shape index (κ3) is 4.92. The van der Waals surface area contributed by atoms with Crippen LogP contribution in [-0.2, 0) is 32.3 Å². The van der Waals surface area contributed by atoms with Gasteiger partial charge in [-0.25, -0.2) is 0 Å². The highest BCUT2D eigenvalue weighted by Crippen LogP contribution is 2.31. The normalized spacial score (nSPS) is 21.1. The molecule has 0 bridgehead atoms. The summed E-state index contributed by atoms with van der Waals surface area (Å²) in [6.07, 6.45) is 1.97. The Balaban J connectivity index is 1.10. The molecule has 2 aromatic carbocycles. The van der Waals surface area contributed by atoms with Crippen LogP contribution in [0, 0.1) is 23.7 Å². The molecule has 6 amide bonds. The van der Waals surface area contributed by atoms with E-state index in [1.165, 1.54) is 9.80 Å². The minimum atomic E-state index is -0.676. The first-order chi connectivity index (χ1) is 20.3. The number of amides is 6. The summed E-state index contributed by atoms with van der Waals surface area (Å²) in [5.74, 6) is 10.5. The standard InChI is InChI=1S/C32H26N4O6/c37-27-15-13-25(29(39)33-27)35-17-23-19(9-5-11-21(23)31(35)41)7-3-1-2-4-8-20-10-6-12-22-24(20)18-36(32(22)42)26-14-16-28(38)34-30(26)40/h5-6,9-12,25-26H,1-2,13-18H2,(H,33,37,39)(H,34,38,40). The van der Waals surface area contributed by atoms with Crippen molar-refractivity contribution < 1.29 is 28.8 Å². The number of rotatable bonds is 3. The Hall–Kier alpha value is -5.22. The number of carbonyl (C=O) groups excluding carboxylic acids is 6. The van der Waals surface area contributed by atoms with E-state index in [2.05, 4.69) is 34.3 Å². The molecule has 2 unspecified atom stereocenters. The average molecular weight is 563 g/mol. The molecular formula is C32H26N4O6. The first-order valence-electron chi connectivity index (χ1n) is 13.8. The van der Waals surface area contributed by atoms with E-state index >= 15 is 0 Å². The monoisotopic (exact) mass is 562 g/mol. The van der Waals surface area contributed by atoms with Crippen molar-refractivity contribution in [2.24, 2.45) is 0 Å². The average Bonchev–Trinajstić information content (AvgIpc) is 3.48. The highest BCUT2D eigenvalue weighted by atomic mass is 16.2. The third-order valence-corrected chi connectivity index (χ3v) is 7.99. The molecule has 6 rings (SSSR count). The van der Waals surface area contributed by atoms with E-state index in [0.717, 1.165) is 22.3 Å². The summed E-state index contributed by atoms with van der Waals surface area (Å²) in [4.78, 5) is 76.7. The van der Waals surface area contributed by atoms with Crippen LogP contribution < -0.4 is 10.6 Å². The van der Waals surface area contributed by atoms with Crippen LogP contribution in [0.1, 0.15) is 81.5 Å². The number of nitrogens with zero attached hydrogens (tertiary/aromatic N) is 2. The quantitative estimate of drug-likeness (QED) is 0.330. The lowest BCUT2D eigenvalue weighted by molar-refractivity contribution is -0.138. The summed E-state index contributed by atoms with van der Waals surface area (Å²) in [6.45, 7) is 0.525. The van der Waals surface area contributed by atoms with Crippen LogP contribution in [-0.4, -0.2) is 57.3 Å². The molecule has 0 aromatic heterocycles. The zero-order chi connectivity index (χ0) is 29.4. The minimum Gasteiger partial charge on any atom is -0.322 e. The topological polar surface area (TPSA) is 133 Å². The molecule has 10 heteroatoms. The van der Waals surface area contributed by atoms with Crippen molar-refractivity contribution >= 4 is 35.4 Å². The predicted octanol–water partition coefficient (Wildman–Crippen LogP) is 1.39. The van der Waals surface area contributed by atoms with Gasteiger partial charge in [0.15, 0.2) is 0 Å². The van der Waals surface area contributed by atoms with Crippen molar-refractivity contribution in [2.75, 3.05) is 0 Å². The number of nitrogens with one attached hydrogen (secondary N) is 2. The lowest BCUT2D eigenvalue weighted by Gasteiger charge is -2.29. The molecule has 4 aliphatic rings. The fraction of sp³-hybridized carbons (Fsp3) is 0.312. The van der Waals surface area contributed by atoms with Gasteiger partial charge in [-0.2, -0.15) is 0 Å². The first kappa shape index (κ1) is 27.0. The molecule has 210 valence electrons. The summed E-state index contributed by atoms with van der Waals surface area (Å²) in [5.41, 5.74) is 4.02. The lowest BCUT2D eigenvalue weighted by Crippen LogP contribution is -2.52. The van der Waals surface area contributed by atoms with Crippen LogP contribution >= 0.6 is 0 Å². The number of imide groups is 2. The Morgan fingerprint density at radius 2 is 1.07 bits per heavy atom. The van der Waals surface area contributed by atoms with E-state index in [-0.39, 0.29) is 49.6 Å². The van der Waals surface area contributed by atoms with Crippen molar-refractivity contribution in [2.45, 2.75) is 63.7 Å². The van der Waals surface area contributed by atoms with Gasteiger partial charge in [-0.1, -0.05) is 35.8 Å². The van der Waals surface area contributed by atoms with Gasteiger partial charge in [0.25, 0.3) is 11.8 Å². The fourth-order valence-corrected chi connectivity index (χ4v) is 5.85. The van der Waals surface area contributed by atoms with Crippen molar-refractivity contribution in [3.8, 4) is 23.7 Å². The van der Waals surface area contributed by atoms with Crippen molar-refractivity contribution in [1.82, 2.24) is 20.4 Å². The predicted molar refractivity (Wildman–Crippen MR) is 148 cm³/mol. The molecule has 0 radical (unpaired) electrons. The number of fused-ring (bicyclic) bond motifs is 2. The molecule has 0 spiro atoms. The first-order valence-corrected chi connectivity index (χ1v) is 13.8. The highest BCUT2D eigenvalue weighted by molar-refractivity contribution is 6.06. The van der Waals surface area contributed by atoms with Crippen LogP contribution in [0.5, 0.6) is 0 Å². The summed E-state index contributed by atoms with van der Waals surface area (Å²) < 4.78 is 0. The van der Waals surface area contributed by atoms with Gasteiger partial charge in [-0.05, 0) is 48.2 Å². The van der Waals surface area contributed by atoms with Crippen LogP contribution in [0.15, 0.2) is 36.4 Å². The zero-order valence-electron chi connectivity index (χ0n) is 22.6. The van der Waals surface area contributed by atoms with E-state index in [1.807, 2.05) is 12.1 Å². The van der Waals surface area contributed by atoms with Crippen molar-refractivity contribution in [3.63, 3.8) is 0 Å². The van der Waals surface area contributed by atoms with Crippen molar-refractivity contribution in [3.05, 3.63) is 69.8 Å². The molecule has 2 N–H and O–H groups in total. The molecule has 2 saturated heterocycles. The van der Waals surface area contributed by atoms with Gasteiger partial charge in [0.2, 0.25) is 23.6 Å². The van der Waals surface area contributed by atoms with Gasteiger partial charge in [0, 0.05) is 61.0 Å². The van der Waals surface area contributed by atoms with Crippen LogP contribution in [0.2, 0.25) is 0 Å². The molecule has 4 heterocycles. The van der Waals surface area contributed by atoms with E-state index in [1.54, 1.807) is 24.3 Å². The lowest BCUT2D eigenvalue weighted by atomic mass is 10.0. The van der Waals surface area contributed by atoms with Crippen LogP contribution in [0.4, 0.5) is 0 Å². The maximum absolute atomic E-state index is 13.0. The highest BCUT2D eigenvalue weighted by Gasteiger charge is 2.41. The second-order valence-corrected chi connectivity index (χ2v) is 10.6. The van der Waals surface area contributed by atoms with Gasteiger partial charge in [0.05, 0.1) is 0 Å². The van der Waals surface area contributed by atoms with Gasteiger partial charge in [-0.3, -0.25) is 39.4 Å². The third-order valence-electron chi connectivity index (χ3n) is 7.99. The number of carbonyl (C=O) groups is 6. The molecule has 0 aliphatic carbocycles. The number of hydrogen-bond donors (Lipinski definition) is 2. The number of hydrogen-bond acceptors (Lipinski definition) is 6. The summed E-state index contributed by atoms with van der Waals surface area (Å²) in [7, 11) is 0. The van der Waals surface area contributed by atoms with Crippen LogP contribution in [0.25, 0.3) is 0 Å². The van der Waals surface area contributed by atoms with Gasteiger partial charge < -0.3 is 9.80 Å². The number of unbranched alkanes of at least 4 members (excludes halogenated alkanes) is 1. The van der Waals surface area contributed by atoms with Gasteiger partial charge in [-0.15, -0.1) is 0 Å². The molecule has 4 aliphatic heterocycles. The molecule has 0 saturated carbocycles. The Bertz CT molecular complexity index is 1580. The summed E-state index contributed by atoms with van der Waals surface area (Å²) >= 11 is 0. The summed E-state index contributed by atoms with van der Waals surface area (Å²) in [5, 5.41) is 4.62. The Labute approximate surface area is 241 Å². The van der Waals surface area contributed by atoms with E-state index in [0.29, 0.717) is 36.8 Å². The molecule has 2 fully saturated rings. The maximum Gasteiger partial charge on any atom is 0.255 e. The number of piperidine rings is 2.